The van der Waals surface area contributed by atoms with Gasteiger partial charge in [0.15, 0.2) is 6.10 Å². The van der Waals surface area contributed by atoms with Crippen molar-refractivity contribution in [2.75, 3.05) is 0 Å². The van der Waals surface area contributed by atoms with Crippen LogP contribution in [0.15, 0.2) is 73.1 Å². The Hall–Kier alpha value is -3.94. The van der Waals surface area contributed by atoms with E-state index in [0.29, 0.717) is 11.1 Å². The molecule has 0 aliphatic rings. The average molecular weight is 378 g/mol. The van der Waals surface area contributed by atoms with Crippen LogP contribution in [-0.2, 0) is 9.53 Å². The second-order valence-electron chi connectivity index (χ2n) is 5.85. The third kappa shape index (κ3) is 4.61. The number of ether oxygens (including phenoxy) is 1. The predicted molar refractivity (Wildman–Crippen MR) is 100 cm³/mol. The number of hydrogen-bond donors (Lipinski definition) is 2. The number of carbonyl (C=O) groups excluding carboxylic acids is 3. The van der Waals surface area contributed by atoms with Crippen LogP contribution in [0.4, 0.5) is 0 Å². The lowest BCUT2D eigenvalue weighted by atomic mass is 10.2. The van der Waals surface area contributed by atoms with Crippen molar-refractivity contribution < 1.29 is 19.1 Å². The van der Waals surface area contributed by atoms with Crippen LogP contribution in [0.2, 0.25) is 0 Å². The van der Waals surface area contributed by atoms with Gasteiger partial charge in [-0.2, -0.15) is 5.10 Å². The lowest BCUT2D eigenvalue weighted by Gasteiger charge is -2.14. The molecule has 2 aromatic carbocycles. The maximum Gasteiger partial charge on any atom is 0.338 e. The zero-order chi connectivity index (χ0) is 19.9. The first kappa shape index (κ1) is 18.8. The smallest absolute Gasteiger partial charge is 0.338 e. The first-order chi connectivity index (χ1) is 13.5. The molecule has 0 saturated heterocycles. The van der Waals surface area contributed by atoms with E-state index >= 15 is 0 Å². The zero-order valence-electron chi connectivity index (χ0n) is 15.0. The van der Waals surface area contributed by atoms with Gasteiger partial charge in [0.05, 0.1) is 11.3 Å². The van der Waals surface area contributed by atoms with E-state index in [4.69, 9.17) is 4.74 Å². The minimum absolute atomic E-state index is 0.295. The van der Waals surface area contributed by atoms with E-state index in [1.165, 1.54) is 6.92 Å². The molecule has 8 heteroatoms. The fourth-order valence-corrected chi connectivity index (χ4v) is 2.34. The van der Waals surface area contributed by atoms with Gasteiger partial charge in [-0.1, -0.05) is 18.2 Å². The molecule has 3 rings (SSSR count). The highest BCUT2D eigenvalue weighted by Crippen LogP contribution is 2.10. The van der Waals surface area contributed by atoms with E-state index in [0.717, 1.165) is 5.69 Å². The third-order valence-electron chi connectivity index (χ3n) is 3.86. The van der Waals surface area contributed by atoms with Crippen LogP contribution in [0.5, 0.6) is 0 Å². The molecule has 1 atom stereocenters. The molecule has 0 spiro atoms. The van der Waals surface area contributed by atoms with Gasteiger partial charge in [-0.15, -0.1) is 0 Å². The molecule has 2 N–H and O–H groups in total. The Kier molecular flexibility index (Phi) is 5.81. The first-order valence-electron chi connectivity index (χ1n) is 8.51. The molecule has 142 valence electrons. The van der Waals surface area contributed by atoms with Gasteiger partial charge in [-0.05, 0) is 49.4 Å². The molecule has 8 nitrogen and oxygen atoms in total. The number of carbonyl (C=O) groups is 3. The van der Waals surface area contributed by atoms with Gasteiger partial charge in [0.1, 0.15) is 0 Å². The van der Waals surface area contributed by atoms with Crippen molar-refractivity contribution >= 4 is 17.8 Å². The Morgan fingerprint density at radius 2 is 1.64 bits per heavy atom. The van der Waals surface area contributed by atoms with E-state index in [1.54, 1.807) is 77.7 Å². The van der Waals surface area contributed by atoms with Crippen LogP contribution in [0.3, 0.4) is 0 Å². The summed E-state index contributed by atoms with van der Waals surface area (Å²) in [6.45, 7) is 1.42. The van der Waals surface area contributed by atoms with Crippen LogP contribution in [0.25, 0.3) is 5.69 Å². The standard InChI is InChI=1S/C20H18N4O4/c1-14(18(25)22-23-19(26)15-6-3-2-4-7-15)28-20(27)16-8-10-17(11-9-16)24-13-5-12-21-24/h2-14H,1H3,(H,22,25)(H,23,26)/t14-/m0/s1. The van der Waals surface area contributed by atoms with Gasteiger partial charge >= 0.3 is 5.97 Å². The summed E-state index contributed by atoms with van der Waals surface area (Å²) in [7, 11) is 0. The number of rotatable bonds is 5. The molecular formula is C20H18N4O4. The summed E-state index contributed by atoms with van der Waals surface area (Å²) in [4.78, 5) is 36.1. The van der Waals surface area contributed by atoms with Gasteiger partial charge in [-0.25, -0.2) is 9.48 Å². The fourth-order valence-electron chi connectivity index (χ4n) is 2.34. The Balaban J connectivity index is 1.52. The van der Waals surface area contributed by atoms with Crippen LogP contribution in [-0.4, -0.2) is 33.7 Å². The molecule has 0 saturated carbocycles. The Labute approximate surface area is 161 Å². The van der Waals surface area contributed by atoms with E-state index in [2.05, 4.69) is 16.0 Å². The summed E-state index contributed by atoms with van der Waals surface area (Å²) in [5.41, 5.74) is 5.99. The molecule has 2 amide bonds. The van der Waals surface area contributed by atoms with Gasteiger partial charge in [-0.3, -0.25) is 20.4 Å². The summed E-state index contributed by atoms with van der Waals surface area (Å²) >= 11 is 0. The Bertz CT molecular complexity index is 954. The summed E-state index contributed by atoms with van der Waals surface area (Å²) in [6, 6.07) is 16.8. The maximum absolute atomic E-state index is 12.2. The number of hydrogen-bond acceptors (Lipinski definition) is 5. The third-order valence-corrected chi connectivity index (χ3v) is 3.86. The molecule has 3 aromatic rings. The molecule has 0 radical (unpaired) electrons. The second-order valence-corrected chi connectivity index (χ2v) is 5.85. The van der Waals surface area contributed by atoms with Crippen molar-refractivity contribution in [1.82, 2.24) is 20.6 Å². The van der Waals surface area contributed by atoms with Crippen LogP contribution < -0.4 is 10.9 Å². The highest BCUT2D eigenvalue weighted by molar-refractivity contribution is 5.96. The van der Waals surface area contributed by atoms with E-state index in [1.807, 2.05) is 0 Å². The van der Waals surface area contributed by atoms with Crippen LogP contribution >= 0.6 is 0 Å². The molecule has 1 heterocycles. The molecular weight excluding hydrogens is 360 g/mol. The zero-order valence-corrected chi connectivity index (χ0v) is 15.0. The van der Waals surface area contributed by atoms with Gasteiger partial charge in [0.25, 0.3) is 11.8 Å². The van der Waals surface area contributed by atoms with E-state index in [9.17, 15) is 14.4 Å². The highest BCUT2D eigenvalue weighted by Gasteiger charge is 2.19. The second kappa shape index (κ2) is 8.63. The number of aromatic nitrogens is 2. The summed E-state index contributed by atoms with van der Waals surface area (Å²) in [6.07, 6.45) is 2.34. The quantitative estimate of drug-likeness (QED) is 0.521. The lowest BCUT2D eigenvalue weighted by Crippen LogP contribution is -2.46. The van der Waals surface area contributed by atoms with E-state index in [-0.39, 0.29) is 0 Å². The van der Waals surface area contributed by atoms with Gasteiger partial charge in [0, 0.05) is 18.0 Å². The van der Waals surface area contributed by atoms with Crippen molar-refractivity contribution in [3.63, 3.8) is 0 Å². The summed E-state index contributed by atoms with van der Waals surface area (Å²) < 4.78 is 6.80. The van der Waals surface area contributed by atoms with Crippen molar-refractivity contribution in [3.8, 4) is 5.69 Å². The van der Waals surface area contributed by atoms with Gasteiger partial charge < -0.3 is 4.74 Å². The van der Waals surface area contributed by atoms with Gasteiger partial charge in [0.2, 0.25) is 0 Å². The Morgan fingerprint density at radius 3 is 2.29 bits per heavy atom. The average Bonchev–Trinajstić information content (AvgIpc) is 3.27. The van der Waals surface area contributed by atoms with Crippen molar-refractivity contribution in [1.29, 1.82) is 0 Å². The SMILES string of the molecule is C[C@H](OC(=O)c1ccc(-n2cccn2)cc1)C(=O)NNC(=O)c1ccccc1. The molecule has 0 fully saturated rings. The number of esters is 1. The van der Waals surface area contributed by atoms with E-state index < -0.39 is 23.9 Å². The van der Waals surface area contributed by atoms with Crippen molar-refractivity contribution in [3.05, 3.63) is 84.2 Å². The minimum atomic E-state index is -1.09. The summed E-state index contributed by atoms with van der Waals surface area (Å²) in [5, 5.41) is 4.10. The monoisotopic (exact) mass is 378 g/mol. The molecule has 28 heavy (non-hydrogen) atoms. The van der Waals surface area contributed by atoms with Crippen LogP contribution in [0.1, 0.15) is 27.6 Å². The molecule has 0 aliphatic carbocycles. The fraction of sp³-hybridized carbons (Fsp3) is 0.100. The normalized spacial score (nSPS) is 11.3. The molecule has 0 unspecified atom stereocenters. The Morgan fingerprint density at radius 1 is 0.929 bits per heavy atom. The lowest BCUT2D eigenvalue weighted by molar-refractivity contribution is -0.129. The minimum Gasteiger partial charge on any atom is -0.449 e. The number of nitrogens with zero attached hydrogens (tertiary/aromatic N) is 2. The molecule has 1 aromatic heterocycles. The number of benzene rings is 2. The largest absolute Gasteiger partial charge is 0.449 e. The topological polar surface area (TPSA) is 102 Å². The number of hydrazine groups is 1. The first-order valence-corrected chi connectivity index (χ1v) is 8.51. The summed E-state index contributed by atoms with van der Waals surface area (Å²) in [5.74, 6) is -1.77. The molecule has 0 aliphatic heterocycles. The number of nitrogens with one attached hydrogen (secondary N) is 2. The van der Waals surface area contributed by atoms with Crippen LogP contribution in [0, 0.1) is 0 Å². The van der Waals surface area contributed by atoms with Crippen molar-refractivity contribution in [2.45, 2.75) is 13.0 Å². The number of amides is 2. The maximum atomic E-state index is 12.2. The highest BCUT2D eigenvalue weighted by atomic mass is 16.5. The molecule has 0 bridgehead atoms. The van der Waals surface area contributed by atoms with Crippen molar-refractivity contribution in [2.24, 2.45) is 0 Å². The predicted octanol–water partition coefficient (Wildman–Crippen LogP) is 1.88.